The highest BCUT2D eigenvalue weighted by atomic mass is 35.5. The van der Waals surface area contributed by atoms with E-state index < -0.39 is 17.8 Å². The largest absolute Gasteiger partial charge is 0.398 e. The number of nitrogens with two attached hydrogens (primary N) is 1. The second-order valence-electron chi connectivity index (χ2n) is 6.42. The predicted molar refractivity (Wildman–Crippen MR) is 109 cm³/mol. The zero-order valence-electron chi connectivity index (χ0n) is 15.6. The van der Waals surface area contributed by atoms with Crippen LogP contribution in [0.3, 0.4) is 0 Å². The molecule has 1 aliphatic heterocycles. The van der Waals surface area contributed by atoms with Crippen LogP contribution < -0.4 is 11.1 Å². The summed E-state index contributed by atoms with van der Waals surface area (Å²) in [5, 5.41) is 3.15. The molecule has 1 aliphatic rings. The maximum absolute atomic E-state index is 14.4. The van der Waals surface area contributed by atoms with Crippen molar-refractivity contribution in [1.82, 2.24) is 10.2 Å². The Morgan fingerprint density at radius 1 is 1.50 bits per heavy atom. The summed E-state index contributed by atoms with van der Waals surface area (Å²) in [5.41, 5.74) is 7.25. The summed E-state index contributed by atoms with van der Waals surface area (Å²) < 4.78 is 42.5. The van der Waals surface area contributed by atoms with Gasteiger partial charge >= 0.3 is 0 Å². The summed E-state index contributed by atoms with van der Waals surface area (Å²) >= 11 is 5.78. The lowest BCUT2D eigenvalue weighted by molar-refractivity contribution is -0.0235. The Kier molecular flexibility index (Phi) is 7.26. The molecule has 152 valence electrons. The number of nitrogen functional groups attached to an aromatic ring is 1. The molecule has 0 saturated carbocycles. The molecule has 1 heterocycles. The first kappa shape index (κ1) is 22.0. The number of aliphatic imine (C=N–C) groups is 2. The monoisotopic (exact) mass is 413 g/mol. The molecule has 1 atom stereocenters. The van der Waals surface area contributed by atoms with Gasteiger partial charge in [-0.15, -0.1) is 0 Å². The Morgan fingerprint density at radius 3 is 2.89 bits per heavy atom. The Hall–Kier alpha value is -2.32. The van der Waals surface area contributed by atoms with Crippen molar-refractivity contribution in [2.45, 2.75) is 25.3 Å². The third-order valence-corrected chi connectivity index (χ3v) is 4.82. The molecule has 1 saturated heterocycles. The minimum Gasteiger partial charge on any atom is -0.398 e. The van der Waals surface area contributed by atoms with Crippen LogP contribution in [0, 0.1) is 12.7 Å². The summed E-state index contributed by atoms with van der Waals surface area (Å²) in [7, 11) is 0. The van der Waals surface area contributed by atoms with Gasteiger partial charge in [0.2, 0.25) is 0 Å². The minimum absolute atomic E-state index is 0.0233. The lowest BCUT2D eigenvalue weighted by atomic mass is 10.0. The van der Waals surface area contributed by atoms with Gasteiger partial charge in [0.15, 0.2) is 0 Å². The van der Waals surface area contributed by atoms with Crippen LogP contribution in [0.4, 0.5) is 18.9 Å². The molecule has 2 rings (SSSR count). The van der Waals surface area contributed by atoms with Crippen molar-refractivity contribution in [3.8, 4) is 0 Å². The van der Waals surface area contributed by atoms with Gasteiger partial charge in [0.05, 0.1) is 11.7 Å². The molecular weight excluding hydrogens is 391 g/mol. The first-order valence-electron chi connectivity index (χ1n) is 8.59. The fourth-order valence-electron chi connectivity index (χ4n) is 3.03. The molecule has 5 nitrogen and oxygen atoms in total. The minimum atomic E-state index is -2.91. The van der Waals surface area contributed by atoms with Crippen LogP contribution in [0.1, 0.15) is 17.5 Å². The van der Waals surface area contributed by atoms with Crippen LogP contribution in [0.5, 0.6) is 0 Å². The highest BCUT2D eigenvalue weighted by Gasteiger charge is 2.49. The Labute approximate surface area is 167 Å². The summed E-state index contributed by atoms with van der Waals surface area (Å²) in [5.74, 6) is -3.36. The van der Waals surface area contributed by atoms with E-state index in [4.69, 9.17) is 17.3 Å². The van der Waals surface area contributed by atoms with Crippen molar-refractivity contribution in [1.29, 1.82) is 0 Å². The van der Waals surface area contributed by atoms with E-state index in [9.17, 15) is 13.2 Å². The predicted octanol–water partition coefficient (Wildman–Crippen LogP) is 3.80. The number of rotatable bonds is 8. The summed E-state index contributed by atoms with van der Waals surface area (Å²) in [4.78, 5) is 8.99. The van der Waals surface area contributed by atoms with Crippen LogP contribution in [-0.2, 0) is 0 Å². The molecule has 1 fully saturated rings. The molecule has 0 bridgehead atoms. The van der Waals surface area contributed by atoms with Crippen molar-refractivity contribution in [3.63, 3.8) is 0 Å². The topological polar surface area (TPSA) is 66.0 Å². The van der Waals surface area contributed by atoms with E-state index in [-0.39, 0.29) is 42.5 Å². The van der Waals surface area contributed by atoms with Gasteiger partial charge in [-0.2, -0.15) is 0 Å². The number of alkyl halides is 2. The van der Waals surface area contributed by atoms with Gasteiger partial charge in [-0.3, -0.25) is 15.3 Å². The summed E-state index contributed by atoms with van der Waals surface area (Å²) in [6.07, 6.45) is 2.37. The molecule has 3 N–H and O–H groups in total. The average molecular weight is 414 g/mol. The van der Waals surface area contributed by atoms with Gasteiger partial charge in [-0.1, -0.05) is 18.2 Å². The Morgan fingerprint density at radius 2 is 2.21 bits per heavy atom. The number of nitrogens with zero attached hydrogens (tertiary/aromatic N) is 3. The van der Waals surface area contributed by atoms with Crippen LogP contribution in [0.15, 0.2) is 39.9 Å². The number of hydrogen-bond acceptors (Lipinski definition) is 5. The van der Waals surface area contributed by atoms with E-state index in [1.165, 1.54) is 29.4 Å². The fourth-order valence-corrected chi connectivity index (χ4v) is 3.17. The third-order valence-electron chi connectivity index (χ3n) is 4.63. The maximum atomic E-state index is 14.4. The smallest absolute Gasteiger partial charge is 0.270 e. The Balaban J connectivity index is 2.09. The van der Waals surface area contributed by atoms with Gasteiger partial charge < -0.3 is 10.6 Å². The van der Waals surface area contributed by atoms with Gasteiger partial charge in [-0.25, -0.2) is 13.2 Å². The van der Waals surface area contributed by atoms with E-state index in [0.717, 1.165) is 0 Å². The number of halogens is 4. The van der Waals surface area contributed by atoms with E-state index in [1.54, 1.807) is 6.92 Å². The highest BCUT2D eigenvalue weighted by Crippen LogP contribution is 2.39. The molecule has 1 unspecified atom stereocenters. The van der Waals surface area contributed by atoms with Crippen molar-refractivity contribution in [2.75, 3.05) is 25.5 Å². The zero-order chi connectivity index (χ0) is 20.9. The summed E-state index contributed by atoms with van der Waals surface area (Å²) in [6, 6.07) is 1.60. The van der Waals surface area contributed by atoms with E-state index in [1.807, 2.05) is 0 Å². The average Bonchev–Trinajstić information content (AvgIpc) is 2.94. The number of likely N-dealkylation sites (tertiary alicyclic amines) is 1. The lowest BCUT2D eigenvalue weighted by Crippen LogP contribution is -2.45. The number of hydrogen-bond donors (Lipinski definition) is 2. The first-order chi connectivity index (χ1) is 13.2. The van der Waals surface area contributed by atoms with Crippen molar-refractivity contribution in [3.05, 3.63) is 46.9 Å². The molecule has 28 heavy (non-hydrogen) atoms. The highest BCUT2D eigenvalue weighted by molar-refractivity contribution is 6.39. The lowest BCUT2D eigenvalue weighted by Gasteiger charge is -2.31. The maximum Gasteiger partial charge on any atom is 0.270 e. The second-order valence-corrected chi connectivity index (χ2v) is 6.86. The molecule has 1 aromatic rings. The summed E-state index contributed by atoms with van der Waals surface area (Å²) in [6.45, 7) is 8.94. The Bertz CT molecular complexity index is 807. The molecule has 0 aromatic heterocycles. The van der Waals surface area contributed by atoms with Crippen LogP contribution in [0.2, 0.25) is 0 Å². The standard InChI is InChI=1S/C19H23ClF3N5/c1-12-16(21)5-4-15(18(12)24)13(2)28-7-6-19(22,23)17(28)10-27-11-26-9-14(20)8-25-3/h4-5,8-9,17,27H,2-3,6-7,10-11,24H2,1H3/b14-8+,26-9?. The molecule has 0 amide bonds. The SMILES string of the molecule is C=N/C=C(/Cl)C=NCNCC1N(C(=C)c2ccc(F)c(C)c2N)CCC1(F)F. The van der Waals surface area contributed by atoms with Crippen LogP contribution in [-0.4, -0.2) is 49.6 Å². The number of nitrogens with one attached hydrogen (secondary N) is 1. The van der Waals surface area contributed by atoms with E-state index in [2.05, 4.69) is 28.6 Å². The van der Waals surface area contributed by atoms with Crippen LogP contribution >= 0.6 is 11.6 Å². The van der Waals surface area contributed by atoms with Crippen molar-refractivity contribution < 1.29 is 13.2 Å². The molecule has 1 aromatic carbocycles. The number of benzene rings is 1. The zero-order valence-corrected chi connectivity index (χ0v) is 16.3. The van der Waals surface area contributed by atoms with Gasteiger partial charge in [0.25, 0.3) is 5.92 Å². The first-order valence-corrected chi connectivity index (χ1v) is 8.97. The van der Waals surface area contributed by atoms with E-state index in [0.29, 0.717) is 11.3 Å². The van der Waals surface area contributed by atoms with Crippen LogP contribution in [0.25, 0.3) is 5.70 Å². The van der Waals surface area contributed by atoms with E-state index >= 15 is 0 Å². The number of allylic oxidation sites excluding steroid dienone is 1. The fraction of sp³-hybridized carbons (Fsp3) is 0.368. The van der Waals surface area contributed by atoms with Crippen molar-refractivity contribution in [2.24, 2.45) is 9.98 Å². The molecule has 0 aliphatic carbocycles. The quantitative estimate of drug-likeness (QED) is 0.387. The third kappa shape index (κ3) is 4.94. The normalized spacial score (nSPS) is 19.4. The molecule has 0 spiro atoms. The van der Waals surface area contributed by atoms with Crippen molar-refractivity contribution >= 4 is 35.9 Å². The molecular formula is C19H23ClF3N5. The molecule has 0 radical (unpaired) electrons. The second kappa shape index (κ2) is 9.25. The van der Waals surface area contributed by atoms with Gasteiger partial charge in [-0.05, 0) is 25.8 Å². The van der Waals surface area contributed by atoms with Gasteiger partial charge in [0, 0.05) is 54.4 Å². The number of anilines is 1. The van der Waals surface area contributed by atoms with Gasteiger partial charge in [0.1, 0.15) is 11.9 Å². The molecule has 9 heteroatoms.